The minimum Gasteiger partial charge on any atom is -0.478 e. The summed E-state index contributed by atoms with van der Waals surface area (Å²) in [4.78, 5) is 11.7. The third kappa shape index (κ3) is 2.12. The van der Waals surface area contributed by atoms with Gasteiger partial charge in [0.15, 0.2) is 11.6 Å². The van der Waals surface area contributed by atoms with Crippen LogP contribution in [-0.4, -0.2) is 11.1 Å². The average Bonchev–Trinajstić information content (AvgIpc) is 3.25. The molecular weight excluding hydrogens is 336 g/mol. The Bertz CT molecular complexity index is 913. The number of anilines is 1. The number of aromatic carboxylic acids is 1. The number of rotatable bonds is 2. The number of hydrogen-bond donors (Lipinski definition) is 2. The molecule has 0 amide bonds. The molecule has 1 aliphatic heterocycles. The van der Waals surface area contributed by atoms with Crippen LogP contribution < -0.4 is 5.32 Å². The summed E-state index contributed by atoms with van der Waals surface area (Å²) in [5.41, 5.74) is 2.65. The van der Waals surface area contributed by atoms with Gasteiger partial charge in [0.25, 0.3) is 0 Å². The van der Waals surface area contributed by atoms with Crippen molar-refractivity contribution in [1.82, 2.24) is 0 Å². The summed E-state index contributed by atoms with van der Waals surface area (Å²) in [6, 6.07) is 9.27. The van der Waals surface area contributed by atoms with Crippen molar-refractivity contribution >= 4 is 11.7 Å². The molecule has 26 heavy (non-hydrogen) atoms. The van der Waals surface area contributed by atoms with Crippen molar-refractivity contribution in [3.8, 4) is 0 Å². The zero-order valence-electron chi connectivity index (χ0n) is 14.1. The molecule has 2 aromatic rings. The number of carbonyl (C=O) groups is 1. The van der Waals surface area contributed by atoms with E-state index < -0.39 is 17.6 Å². The number of fused-ring (bicyclic) bond motifs is 7. The van der Waals surface area contributed by atoms with Crippen molar-refractivity contribution in [2.75, 3.05) is 5.32 Å². The SMILES string of the molecule is O=C(O)c1cccc2c1N[C@H](c1ccc(F)c(F)c1)[C@@H]1[C@H]3CC[C@@H](C3)[C@@H]21. The van der Waals surface area contributed by atoms with Crippen molar-refractivity contribution in [2.45, 2.75) is 31.2 Å². The molecule has 3 nitrogen and oxygen atoms in total. The van der Waals surface area contributed by atoms with E-state index in [9.17, 15) is 18.7 Å². The molecular formula is C21H19F2NO2. The molecule has 3 aliphatic rings. The number of carboxylic acids is 1. The Hall–Kier alpha value is -2.43. The zero-order chi connectivity index (χ0) is 18.0. The van der Waals surface area contributed by atoms with E-state index >= 15 is 0 Å². The smallest absolute Gasteiger partial charge is 0.337 e. The summed E-state index contributed by atoms with van der Waals surface area (Å²) >= 11 is 0. The van der Waals surface area contributed by atoms with Gasteiger partial charge in [0.2, 0.25) is 0 Å². The third-order valence-electron chi connectivity index (χ3n) is 6.65. The molecule has 134 valence electrons. The van der Waals surface area contributed by atoms with E-state index in [0.29, 0.717) is 23.1 Å². The van der Waals surface area contributed by atoms with Gasteiger partial charge in [-0.3, -0.25) is 0 Å². The van der Waals surface area contributed by atoms with Gasteiger partial charge in [-0.05, 0) is 72.3 Å². The first-order valence-electron chi connectivity index (χ1n) is 9.12. The molecule has 5 atom stereocenters. The number of nitrogens with one attached hydrogen (secondary N) is 1. The number of hydrogen-bond acceptors (Lipinski definition) is 2. The maximum absolute atomic E-state index is 13.9. The molecule has 0 spiro atoms. The summed E-state index contributed by atoms with van der Waals surface area (Å²) in [6.45, 7) is 0. The highest BCUT2D eigenvalue weighted by atomic mass is 19.2. The van der Waals surface area contributed by atoms with Crippen molar-refractivity contribution in [1.29, 1.82) is 0 Å². The maximum atomic E-state index is 13.9. The molecule has 2 aromatic carbocycles. The normalized spacial score (nSPS) is 31.2. The van der Waals surface area contributed by atoms with Gasteiger partial charge >= 0.3 is 5.97 Å². The predicted molar refractivity (Wildman–Crippen MR) is 93.2 cm³/mol. The van der Waals surface area contributed by atoms with Gasteiger partial charge in [-0.2, -0.15) is 0 Å². The fraction of sp³-hybridized carbons (Fsp3) is 0.381. The van der Waals surface area contributed by atoms with Crippen LogP contribution in [0.5, 0.6) is 0 Å². The van der Waals surface area contributed by atoms with Gasteiger partial charge in [-0.1, -0.05) is 18.2 Å². The van der Waals surface area contributed by atoms with E-state index in [4.69, 9.17) is 0 Å². The topological polar surface area (TPSA) is 49.3 Å². The Morgan fingerprint density at radius 1 is 1.08 bits per heavy atom. The van der Waals surface area contributed by atoms with Gasteiger partial charge in [0, 0.05) is 0 Å². The lowest BCUT2D eigenvalue weighted by Crippen LogP contribution is -2.36. The summed E-state index contributed by atoms with van der Waals surface area (Å²) < 4.78 is 27.3. The molecule has 2 aliphatic carbocycles. The van der Waals surface area contributed by atoms with E-state index in [1.54, 1.807) is 12.1 Å². The summed E-state index contributed by atoms with van der Waals surface area (Å²) in [7, 11) is 0. The van der Waals surface area contributed by atoms with E-state index in [1.165, 1.54) is 6.07 Å². The second kappa shape index (κ2) is 5.53. The second-order valence-corrected chi connectivity index (χ2v) is 7.81. The molecule has 2 N–H and O–H groups in total. The molecule has 0 unspecified atom stereocenters. The van der Waals surface area contributed by atoms with Gasteiger partial charge in [0.05, 0.1) is 17.3 Å². The standard InChI is InChI=1S/C21H19F2NO2/c22-15-7-6-12(9-16(15)23)19-18-11-5-4-10(8-11)17(18)13-2-1-3-14(21(25)26)20(13)24-19/h1-3,6-7,9-11,17-19,24H,4-5,8H2,(H,25,26)/t10-,11-,17-,18+,19+/m0/s1. The van der Waals surface area contributed by atoms with Crippen molar-refractivity contribution in [2.24, 2.45) is 17.8 Å². The Morgan fingerprint density at radius 3 is 2.65 bits per heavy atom. The molecule has 5 rings (SSSR count). The molecule has 2 saturated carbocycles. The van der Waals surface area contributed by atoms with Crippen LogP contribution in [0.25, 0.3) is 0 Å². The monoisotopic (exact) mass is 355 g/mol. The highest BCUT2D eigenvalue weighted by Crippen LogP contribution is 2.64. The van der Waals surface area contributed by atoms with Crippen LogP contribution >= 0.6 is 0 Å². The summed E-state index contributed by atoms with van der Waals surface area (Å²) in [6.07, 6.45) is 3.45. The quantitative estimate of drug-likeness (QED) is 0.800. The molecule has 2 fully saturated rings. The number of carboxylic acid groups (broad SMARTS) is 1. The van der Waals surface area contributed by atoms with Gasteiger partial charge in [-0.25, -0.2) is 13.6 Å². The third-order valence-corrected chi connectivity index (χ3v) is 6.65. The van der Waals surface area contributed by atoms with Crippen LogP contribution in [0.3, 0.4) is 0 Å². The zero-order valence-corrected chi connectivity index (χ0v) is 14.1. The number of halogens is 2. The van der Waals surface area contributed by atoms with Crippen molar-refractivity contribution in [3.05, 3.63) is 64.7 Å². The van der Waals surface area contributed by atoms with Gasteiger partial charge < -0.3 is 10.4 Å². The van der Waals surface area contributed by atoms with E-state index in [2.05, 4.69) is 5.32 Å². The van der Waals surface area contributed by atoms with Crippen LogP contribution in [0.2, 0.25) is 0 Å². The van der Waals surface area contributed by atoms with E-state index in [0.717, 1.165) is 30.9 Å². The lowest BCUT2D eigenvalue weighted by atomic mass is 9.67. The fourth-order valence-electron chi connectivity index (χ4n) is 5.73. The Balaban J connectivity index is 1.67. The fourth-order valence-corrected chi connectivity index (χ4v) is 5.73. The Labute approximate surface area is 150 Å². The highest BCUT2D eigenvalue weighted by molar-refractivity contribution is 5.95. The molecule has 0 saturated heterocycles. The van der Waals surface area contributed by atoms with Gasteiger partial charge in [-0.15, -0.1) is 0 Å². The summed E-state index contributed by atoms with van der Waals surface area (Å²) in [5, 5.41) is 13.0. The first-order chi connectivity index (χ1) is 12.5. The van der Waals surface area contributed by atoms with E-state index in [1.807, 2.05) is 12.1 Å². The minimum atomic E-state index is -0.972. The maximum Gasteiger partial charge on any atom is 0.337 e. The summed E-state index contributed by atoms with van der Waals surface area (Å²) in [5.74, 6) is -1.04. The first kappa shape index (κ1) is 15.8. The molecule has 0 aromatic heterocycles. The average molecular weight is 355 g/mol. The van der Waals surface area contributed by atoms with E-state index in [-0.39, 0.29) is 23.4 Å². The largest absolute Gasteiger partial charge is 0.478 e. The Morgan fingerprint density at radius 2 is 1.88 bits per heavy atom. The van der Waals surface area contributed by atoms with Crippen LogP contribution in [0.1, 0.15) is 52.7 Å². The molecule has 2 bridgehead atoms. The molecule has 1 heterocycles. The van der Waals surface area contributed by atoms with Crippen LogP contribution in [-0.2, 0) is 0 Å². The van der Waals surface area contributed by atoms with Crippen LogP contribution in [0.4, 0.5) is 14.5 Å². The minimum absolute atomic E-state index is 0.196. The molecule has 0 radical (unpaired) electrons. The lowest BCUT2D eigenvalue weighted by molar-refractivity contribution is 0.0697. The molecule has 5 heteroatoms. The lowest BCUT2D eigenvalue weighted by Gasteiger charge is -2.44. The Kier molecular flexibility index (Phi) is 3.36. The second-order valence-electron chi connectivity index (χ2n) is 7.81. The number of benzene rings is 2. The highest BCUT2D eigenvalue weighted by Gasteiger charge is 2.54. The first-order valence-corrected chi connectivity index (χ1v) is 9.12. The van der Waals surface area contributed by atoms with Crippen LogP contribution in [0, 0.1) is 29.4 Å². The van der Waals surface area contributed by atoms with Crippen LogP contribution in [0.15, 0.2) is 36.4 Å². The number of para-hydroxylation sites is 1. The predicted octanol–water partition coefficient (Wildman–Crippen LogP) is 4.96. The van der Waals surface area contributed by atoms with Gasteiger partial charge in [0.1, 0.15) is 0 Å². The van der Waals surface area contributed by atoms with Crippen molar-refractivity contribution < 1.29 is 18.7 Å². The van der Waals surface area contributed by atoms with Crippen molar-refractivity contribution in [3.63, 3.8) is 0 Å².